The number of thiocarbonyl (C=S) groups is 1. The molecule has 0 aliphatic carbocycles. The first kappa shape index (κ1) is 16.1. The second-order valence-corrected chi connectivity index (χ2v) is 6.61. The van der Waals surface area contributed by atoms with Gasteiger partial charge < -0.3 is 5.73 Å². The zero-order valence-corrected chi connectivity index (χ0v) is 13.1. The van der Waals surface area contributed by atoms with Gasteiger partial charge in [0.2, 0.25) is 0 Å². The maximum atomic E-state index is 13.5. The lowest BCUT2D eigenvalue weighted by Gasteiger charge is -2.35. The third kappa shape index (κ3) is 4.55. The van der Waals surface area contributed by atoms with Gasteiger partial charge in [0.15, 0.2) is 0 Å². The molecule has 2 nitrogen and oxygen atoms in total. The minimum Gasteiger partial charge on any atom is -0.389 e. The van der Waals surface area contributed by atoms with Crippen LogP contribution in [-0.2, 0) is 6.54 Å². The van der Waals surface area contributed by atoms with Gasteiger partial charge in [-0.05, 0) is 43.1 Å². The van der Waals surface area contributed by atoms with Gasteiger partial charge in [0.1, 0.15) is 10.8 Å². The molecular formula is C15H23FN2S. The summed E-state index contributed by atoms with van der Waals surface area (Å²) in [6.07, 6.45) is 0. The predicted octanol–water partition coefficient (Wildman–Crippen LogP) is 3.33. The van der Waals surface area contributed by atoms with E-state index >= 15 is 0 Å². The molecule has 1 unspecified atom stereocenters. The molecular weight excluding hydrogens is 259 g/mol. The van der Waals surface area contributed by atoms with E-state index in [2.05, 4.69) is 32.6 Å². The Morgan fingerprint density at radius 1 is 1.37 bits per heavy atom. The molecule has 1 aromatic rings. The number of rotatable bonds is 4. The topological polar surface area (TPSA) is 29.3 Å². The summed E-state index contributed by atoms with van der Waals surface area (Å²) in [6.45, 7) is 9.43. The quantitative estimate of drug-likeness (QED) is 0.859. The average Bonchev–Trinajstić information content (AvgIpc) is 2.25. The Balaban J connectivity index is 2.91. The van der Waals surface area contributed by atoms with Crippen molar-refractivity contribution in [2.75, 3.05) is 7.05 Å². The summed E-state index contributed by atoms with van der Waals surface area (Å²) in [5, 5.41) is 0. The smallest absolute Gasteiger partial charge is 0.124 e. The van der Waals surface area contributed by atoms with Gasteiger partial charge >= 0.3 is 0 Å². The Labute approximate surface area is 120 Å². The summed E-state index contributed by atoms with van der Waals surface area (Å²) in [5.74, 6) is -0.294. The highest BCUT2D eigenvalue weighted by atomic mass is 32.1. The van der Waals surface area contributed by atoms with Crippen molar-refractivity contribution in [1.82, 2.24) is 4.90 Å². The van der Waals surface area contributed by atoms with E-state index in [0.29, 0.717) is 18.2 Å². The molecule has 0 saturated heterocycles. The Morgan fingerprint density at radius 2 is 1.95 bits per heavy atom. The average molecular weight is 282 g/mol. The number of nitrogens with zero attached hydrogens (tertiary/aromatic N) is 1. The molecule has 4 heteroatoms. The number of benzene rings is 1. The van der Waals surface area contributed by atoms with E-state index in [-0.39, 0.29) is 16.2 Å². The second kappa shape index (κ2) is 5.97. The minimum atomic E-state index is -0.294. The van der Waals surface area contributed by atoms with Crippen LogP contribution in [0.1, 0.15) is 38.8 Å². The zero-order chi connectivity index (χ0) is 14.8. The molecule has 1 atom stereocenters. The monoisotopic (exact) mass is 282 g/mol. The van der Waals surface area contributed by atoms with Crippen molar-refractivity contribution in [1.29, 1.82) is 0 Å². The van der Waals surface area contributed by atoms with Crippen LogP contribution in [0.3, 0.4) is 0 Å². The van der Waals surface area contributed by atoms with Crippen LogP contribution in [0.2, 0.25) is 0 Å². The summed E-state index contributed by atoms with van der Waals surface area (Å²) >= 11 is 4.90. The summed E-state index contributed by atoms with van der Waals surface area (Å²) in [6, 6.07) is 5.15. The van der Waals surface area contributed by atoms with E-state index in [0.717, 1.165) is 5.56 Å². The van der Waals surface area contributed by atoms with Crippen molar-refractivity contribution in [3.05, 3.63) is 35.1 Å². The van der Waals surface area contributed by atoms with Crippen molar-refractivity contribution in [2.45, 2.75) is 40.3 Å². The van der Waals surface area contributed by atoms with Gasteiger partial charge in [-0.1, -0.05) is 33.0 Å². The summed E-state index contributed by atoms with van der Waals surface area (Å²) in [7, 11) is 2.04. The van der Waals surface area contributed by atoms with E-state index in [9.17, 15) is 4.39 Å². The molecule has 0 heterocycles. The summed E-state index contributed by atoms with van der Waals surface area (Å²) in [5.41, 5.74) is 7.21. The van der Waals surface area contributed by atoms with Crippen molar-refractivity contribution in [3.8, 4) is 0 Å². The maximum absolute atomic E-state index is 13.5. The van der Waals surface area contributed by atoms with E-state index in [1.165, 1.54) is 12.1 Å². The first-order chi connectivity index (χ1) is 8.61. The van der Waals surface area contributed by atoms with E-state index < -0.39 is 0 Å². The van der Waals surface area contributed by atoms with Crippen LogP contribution in [-0.4, -0.2) is 23.0 Å². The van der Waals surface area contributed by atoms with Crippen molar-refractivity contribution in [3.63, 3.8) is 0 Å². The fourth-order valence-corrected chi connectivity index (χ4v) is 2.09. The van der Waals surface area contributed by atoms with Gasteiger partial charge in [-0.2, -0.15) is 0 Å². The molecule has 0 amide bonds. The largest absolute Gasteiger partial charge is 0.389 e. The highest BCUT2D eigenvalue weighted by molar-refractivity contribution is 7.80. The Bertz CT molecular complexity index is 466. The van der Waals surface area contributed by atoms with Gasteiger partial charge in [-0.15, -0.1) is 0 Å². The minimum absolute atomic E-state index is 0.175. The zero-order valence-electron chi connectivity index (χ0n) is 12.3. The van der Waals surface area contributed by atoms with Crippen molar-refractivity contribution in [2.24, 2.45) is 11.1 Å². The molecule has 1 aromatic carbocycles. The maximum Gasteiger partial charge on any atom is 0.124 e. The van der Waals surface area contributed by atoms with Crippen LogP contribution in [0.4, 0.5) is 4.39 Å². The molecule has 0 aromatic heterocycles. The van der Waals surface area contributed by atoms with Crippen LogP contribution in [0.5, 0.6) is 0 Å². The van der Waals surface area contributed by atoms with Crippen LogP contribution in [0.25, 0.3) is 0 Å². The van der Waals surface area contributed by atoms with E-state index in [1.54, 1.807) is 0 Å². The predicted molar refractivity (Wildman–Crippen MR) is 82.7 cm³/mol. The fourth-order valence-electron chi connectivity index (χ4n) is 1.97. The molecule has 1 rings (SSSR count). The van der Waals surface area contributed by atoms with Crippen molar-refractivity contribution < 1.29 is 4.39 Å². The lowest BCUT2D eigenvalue weighted by Crippen LogP contribution is -2.38. The molecule has 0 aliphatic rings. The lowest BCUT2D eigenvalue weighted by molar-refractivity contribution is 0.134. The van der Waals surface area contributed by atoms with Crippen LogP contribution < -0.4 is 5.73 Å². The second-order valence-electron chi connectivity index (χ2n) is 6.17. The third-order valence-corrected chi connectivity index (χ3v) is 3.82. The van der Waals surface area contributed by atoms with Gasteiger partial charge in [0.05, 0.1) is 0 Å². The Morgan fingerprint density at radius 3 is 2.42 bits per heavy atom. The van der Waals surface area contributed by atoms with Gasteiger partial charge in [-0.25, -0.2) is 4.39 Å². The molecule has 0 spiro atoms. The molecule has 0 fully saturated rings. The standard InChI is InChI=1S/C15H23FN2S/c1-10(15(2,3)4)18(5)9-11-6-12(14(17)19)8-13(16)7-11/h6-8,10H,9H2,1-5H3,(H2,17,19). The van der Waals surface area contributed by atoms with Gasteiger partial charge in [0.25, 0.3) is 0 Å². The van der Waals surface area contributed by atoms with E-state index in [4.69, 9.17) is 18.0 Å². The molecule has 106 valence electrons. The first-order valence-corrected chi connectivity index (χ1v) is 6.81. The van der Waals surface area contributed by atoms with Crippen LogP contribution >= 0.6 is 12.2 Å². The van der Waals surface area contributed by atoms with Gasteiger partial charge in [0, 0.05) is 18.2 Å². The Hall–Kier alpha value is -1.00. The molecule has 2 N–H and O–H groups in total. The third-order valence-electron chi connectivity index (χ3n) is 3.59. The highest BCUT2D eigenvalue weighted by Gasteiger charge is 2.23. The molecule has 0 saturated carbocycles. The number of halogens is 1. The Kier molecular flexibility index (Phi) is 5.04. The molecule has 0 aliphatic heterocycles. The molecule has 19 heavy (non-hydrogen) atoms. The SMILES string of the molecule is CC(N(C)Cc1cc(F)cc(C(N)=S)c1)C(C)(C)C. The first-order valence-electron chi connectivity index (χ1n) is 6.41. The number of nitrogens with two attached hydrogens (primary N) is 1. The molecule has 0 radical (unpaired) electrons. The summed E-state index contributed by atoms with van der Waals surface area (Å²) < 4.78 is 13.5. The molecule has 0 bridgehead atoms. The number of hydrogen-bond donors (Lipinski definition) is 1. The normalized spacial score (nSPS) is 13.6. The van der Waals surface area contributed by atoms with Gasteiger partial charge in [-0.3, -0.25) is 4.90 Å². The fraction of sp³-hybridized carbons (Fsp3) is 0.533. The highest BCUT2D eigenvalue weighted by Crippen LogP contribution is 2.24. The number of hydrogen-bond acceptors (Lipinski definition) is 2. The lowest BCUT2D eigenvalue weighted by atomic mass is 9.87. The van der Waals surface area contributed by atoms with Crippen molar-refractivity contribution >= 4 is 17.2 Å². The van der Waals surface area contributed by atoms with Crippen LogP contribution in [0.15, 0.2) is 18.2 Å². The summed E-state index contributed by atoms with van der Waals surface area (Å²) in [4.78, 5) is 2.44. The van der Waals surface area contributed by atoms with E-state index in [1.807, 2.05) is 13.1 Å². The van der Waals surface area contributed by atoms with Crippen LogP contribution in [0, 0.1) is 11.2 Å².